The number of urea groups is 1. The van der Waals surface area contributed by atoms with E-state index in [0.29, 0.717) is 25.9 Å². The van der Waals surface area contributed by atoms with Crippen LogP contribution in [0.1, 0.15) is 37.8 Å². The maximum atomic E-state index is 12.4. The fraction of sp³-hybridized carbons (Fsp3) is 0.611. The predicted octanol–water partition coefficient (Wildman–Crippen LogP) is 3.37. The predicted molar refractivity (Wildman–Crippen MR) is 98.2 cm³/mol. The monoisotopic (exact) mass is 352 g/mol. The summed E-state index contributed by atoms with van der Waals surface area (Å²) < 4.78 is 24.6. The van der Waals surface area contributed by atoms with E-state index in [1.807, 2.05) is 45.9 Å². The van der Waals surface area contributed by atoms with Crippen LogP contribution < -0.4 is 5.32 Å². The van der Waals surface area contributed by atoms with Gasteiger partial charge in [-0.2, -0.15) is 0 Å². The number of carbonyl (C=O) groups is 1. The minimum atomic E-state index is -3.06. The van der Waals surface area contributed by atoms with Gasteiger partial charge in [0.2, 0.25) is 0 Å². The number of hydrogen-bond donors (Lipinski definition) is 1. The van der Waals surface area contributed by atoms with Gasteiger partial charge in [-0.25, -0.2) is 13.2 Å². The van der Waals surface area contributed by atoms with E-state index in [4.69, 9.17) is 0 Å². The highest BCUT2D eigenvalue weighted by molar-refractivity contribution is 7.92. The van der Waals surface area contributed by atoms with E-state index in [2.05, 4.69) is 5.32 Å². The lowest BCUT2D eigenvalue weighted by atomic mass is 10.1. The lowest BCUT2D eigenvalue weighted by molar-refractivity contribution is 0.200. The van der Waals surface area contributed by atoms with Crippen molar-refractivity contribution in [1.29, 1.82) is 0 Å². The molecule has 0 aromatic heterocycles. The molecule has 0 bridgehead atoms. The number of carbonyl (C=O) groups excluding carboxylic acids is 1. The number of amides is 2. The largest absolute Gasteiger partial charge is 0.324 e. The highest BCUT2D eigenvalue weighted by atomic mass is 32.2. The van der Waals surface area contributed by atoms with E-state index in [1.165, 1.54) is 5.56 Å². The maximum absolute atomic E-state index is 12.4. The zero-order chi connectivity index (χ0) is 17.9. The van der Waals surface area contributed by atoms with Crippen LogP contribution in [0, 0.1) is 19.8 Å². The first kappa shape index (κ1) is 18.8. The summed E-state index contributed by atoms with van der Waals surface area (Å²) in [4.78, 5) is 14.1. The summed E-state index contributed by atoms with van der Waals surface area (Å²) in [5.74, 6) is 0.369. The molecule has 5 nitrogen and oxygen atoms in total. The number of likely N-dealkylation sites (tertiary alicyclic amines) is 1. The molecular formula is C18H28N2O3S. The Kier molecular flexibility index (Phi) is 5.91. The molecule has 1 fully saturated rings. The maximum Gasteiger partial charge on any atom is 0.321 e. The minimum Gasteiger partial charge on any atom is -0.324 e. The first-order chi connectivity index (χ1) is 11.2. The van der Waals surface area contributed by atoms with Crippen molar-refractivity contribution in [3.8, 4) is 0 Å². The fourth-order valence-electron chi connectivity index (χ4n) is 3.04. The summed E-state index contributed by atoms with van der Waals surface area (Å²) in [5.41, 5.74) is 3.09. The zero-order valence-corrected chi connectivity index (χ0v) is 15.8. The van der Waals surface area contributed by atoms with Crippen molar-refractivity contribution in [3.63, 3.8) is 0 Å². The molecule has 6 heteroatoms. The van der Waals surface area contributed by atoms with Crippen LogP contribution >= 0.6 is 0 Å². The molecule has 1 saturated heterocycles. The van der Waals surface area contributed by atoms with E-state index >= 15 is 0 Å². The Morgan fingerprint density at radius 1 is 1.21 bits per heavy atom. The molecule has 1 aliphatic heterocycles. The normalized spacial score (nSPS) is 16.5. The third-order valence-corrected chi connectivity index (χ3v) is 7.18. The van der Waals surface area contributed by atoms with Gasteiger partial charge in [-0.05, 0) is 55.9 Å². The van der Waals surface area contributed by atoms with E-state index in [-0.39, 0.29) is 23.0 Å². The van der Waals surface area contributed by atoms with Gasteiger partial charge in [-0.1, -0.05) is 19.9 Å². The van der Waals surface area contributed by atoms with Crippen molar-refractivity contribution >= 4 is 21.6 Å². The smallest absolute Gasteiger partial charge is 0.321 e. The second-order valence-corrected chi connectivity index (χ2v) is 9.46. The summed E-state index contributed by atoms with van der Waals surface area (Å²) in [7, 11) is -3.06. The average Bonchev–Trinajstić information content (AvgIpc) is 2.50. The molecular weight excluding hydrogens is 324 g/mol. The number of aryl methyl sites for hydroxylation is 2. The molecule has 24 heavy (non-hydrogen) atoms. The van der Waals surface area contributed by atoms with E-state index < -0.39 is 9.84 Å². The number of anilines is 1. The summed E-state index contributed by atoms with van der Waals surface area (Å²) >= 11 is 0. The highest BCUT2D eigenvalue weighted by Gasteiger charge is 2.31. The molecule has 0 atom stereocenters. The fourth-order valence-corrected chi connectivity index (χ4v) is 5.17. The minimum absolute atomic E-state index is 0.140. The topological polar surface area (TPSA) is 66.5 Å². The van der Waals surface area contributed by atoms with Crippen LogP contribution in [-0.2, 0) is 9.84 Å². The molecule has 0 unspecified atom stereocenters. The number of nitrogens with zero attached hydrogens (tertiary/aromatic N) is 1. The van der Waals surface area contributed by atoms with Crippen molar-refractivity contribution in [1.82, 2.24) is 4.90 Å². The number of piperidine rings is 1. The van der Waals surface area contributed by atoms with Crippen LogP contribution in [0.3, 0.4) is 0 Å². The number of hydrogen-bond acceptors (Lipinski definition) is 3. The first-order valence-corrected chi connectivity index (χ1v) is 10.3. The Morgan fingerprint density at radius 2 is 1.83 bits per heavy atom. The average molecular weight is 353 g/mol. The second kappa shape index (κ2) is 7.55. The van der Waals surface area contributed by atoms with Gasteiger partial charge in [0.15, 0.2) is 9.84 Å². The standard InChI is InChI=1S/C18H28N2O3S/c1-13(2)12-24(22,23)17-7-9-20(10-8-17)18(21)19-16-6-5-14(3)15(4)11-16/h5-6,11,13,17H,7-10,12H2,1-4H3,(H,19,21). The van der Waals surface area contributed by atoms with Gasteiger partial charge in [-0.3, -0.25) is 0 Å². The first-order valence-electron chi connectivity index (χ1n) is 8.54. The lowest BCUT2D eigenvalue weighted by Crippen LogP contribution is -2.45. The van der Waals surface area contributed by atoms with Gasteiger partial charge in [-0.15, -0.1) is 0 Å². The van der Waals surface area contributed by atoms with Crippen molar-refractivity contribution in [2.24, 2.45) is 5.92 Å². The number of benzene rings is 1. The quantitative estimate of drug-likeness (QED) is 0.903. The van der Waals surface area contributed by atoms with Crippen LogP contribution in [0.25, 0.3) is 0 Å². The van der Waals surface area contributed by atoms with Crippen LogP contribution in [0.5, 0.6) is 0 Å². The summed E-state index contributed by atoms with van der Waals surface area (Å²) in [6, 6.07) is 5.67. The highest BCUT2D eigenvalue weighted by Crippen LogP contribution is 2.21. The van der Waals surface area contributed by atoms with E-state index in [9.17, 15) is 13.2 Å². The number of rotatable bonds is 4. The summed E-state index contributed by atoms with van der Waals surface area (Å²) in [6.07, 6.45) is 1.05. The van der Waals surface area contributed by atoms with E-state index in [0.717, 1.165) is 11.3 Å². The molecule has 1 N–H and O–H groups in total. The number of sulfone groups is 1. The molecule has 0 spiro atoms. The number of nitrogens with one attached hydrogen (secondary N) is 1. The molecule has 1 aromatic carbocycles. The van der Waals surface area contributed by atoms with Crippen molar-refractivity contribution in [2.45, 2.75) is 45.8 Å². The Hall–Kier alpha value is -1.56. The van der Waals surface area contributed by atoms with Crippen molar-refractivity contribution < 1.29 is 13.2 Å². The molecule has 1 heterocycles. The van der Waals surface area contributed by atoms with Crippen LogP contribution in [0.4, 0.5) is 10.5 Å². The van der Waals surface area contributed by atoms with Gasteiger partial charge < -0.3 is 10.2 Å². The van der Waals surface area contributed by atoms with Crippen molar-refractivity contribution in [2.75, 3.05) is 24.2 Å². The molecule has 1 aromatic rings. The SMILES string of the molecule is Cc1ccc(NC(=O)N2CCC(S(=O)(=O)CC(C)C)CC2)cc1C. The molecule has 0 saturated carbocycles. The molecule has 0 radical (unpaired) electrons. The third-order valence-electron chi connectivity index (χ3n) is 4.56. The molecule has 1 aliphatic rings. The van der Waals surface area contributed by atoms with Crippen molar-refractivity contribution in [3.05, 3.63) is 29.3 Å². The summed E-state index contributed by atoms with van der Waals surface area (Å²) in [5, 5.41) is 2.59. The van der Waals surface area contributed by atoms with Crippen LogP contribution in [0.2, 0.25) is 0 Å². The zero-order valence-electron chi connectivity index (χ0n) is 15.0. The molecule has 2 amide bonds. The van der Waals surface area contributed by atoms with E-state index in [1.54, 1.807) is 4.90 Å². The lowest BCUT2D eigenvalue weighted by Gasteiger charge is -2.32. The molecule has 0 aliphatic carbocycles. The molecule has 2 rings (SSSR count). The van der Waals surface area contributed by atoms with Gasteiger partial charge in [0.05, 0.1) is 11.0 Å². The Bertz CT molecular complexity index is 690. The van der Waals surface area contributed by atoms with Gasteiger partial charge >= 0.3 is 6.03 Å². The van der Waals surface area contributed by atoms with Crippen LogP contribution in [-0.4, -0.2) is 43.4 Å². The Balaban J connectivity index is 1.92. The third kappa shape index (κ3) is 4.72. The Labute approximate surface area is 145 Å². The summed E-state index contributed by atoms with van der Waals surface area (Å²) in [6.45, 7) is 8.85. The van der Waals surface area contributed by atoms with Crippen LogP contribution in [0.15, 0.2) is 18.2 Å². The van der Waals surface area contributed by atoms with Gasteiger partial charge in [0.1, 0.15) is 0 Å². The Morgan fingerprint density at radius 3 is 2.38 bits per heavy atom. The molecule has 134 valence electrons. The van der Waals surface area contributed by atoms with Gasteiger partial charge in [0.25, 0.3) is 0 Å². The van der Waals surface area contributed by atoms with Gasteiger partial charge in [0, 0.05) is 18.8 Å². The second-order valence-electron chi connectivity index (χ2n) is 7.14.